The van der Waals surface area contributed by atoms with Gasteiger partial charge in [-0.05, 0) is 37.5 Å². The van der Waals surface area contributed by atoms with Gasteiger partial charge >= 0.3 is 11.9 Å². The fourth-order valence-electron chi connectivity index (χ4n) is 4.40. The maximum Gasteiger partial charge on any atom is 0.419 e. The van der Waals surface area contributed by atoms with Crippen LogP contribution in [0.25, 0.3) is 22.1 Å². The Morgan fingerprint density at radius 3 is 2.54 bits per heavy atom. The highest BCUT2D eigenvalue weighted by atomic mass is 35.5. The summed E-state index contributed by atoms with van der Waals surface area (Å²) >= 11 is 6.11. The number of fused-ring (bicyclic) bond motifs is 2. The van der Waals surface area contributed by atoms with Crippen LogP contribution >= 0.6 is 11.6 Å². The number of hydrogen-bond donors (Lipinski definition) is 0. The Morgan fingerprint density at radius 2 is 1.89 bits per heavy atom. The van der Waals surface area contributed by atoms with Crippen LogP contribution in [0, 0.1) is 0 Å². The van der Waals surface area contributed by atoms with E-state index in [1.54, 1.807) is 22.8 Å². The molecular formula is C22H21ClF3N5O3S. The second-order valence-corrected chi connectivity index (χ2v) is 11.5. The van der Waals surface area contributed by atoms with E-state index in [-0.39, 0.29) is 29.4 Å². The molecule has 0 atom stereocenters. The molecule has 0 amide bonds. The highest BCUT2D eigenvalue weighted by Gasteiger charge is 2.38. The van der Waals surface area contributed by atoms with Crippen molar-refractivity contribution in [1.82, 2.24) is 23.7 Å². The number of halogens is 4. The lowest BCUT2D eigenvalue weighted by atomic mass is 10.2. The Kier molecular flexibility index (Phi) is 5.71. The third-order valence-corrected chi connectivity index (χ3v) is 7.34. The number of imidazole rings is 2. The molecule has 1 fully saturated rings. The highest BCUT2D eigenvalue weighted by molar-refractivity contribution is 7.90. The number of aromatic nitrogens is 5. The molecule has 5 rings (SSSR count). The van der Waals surface area contributed by atoms with Gasteiger partial charge in [0.05, 0.1) is 46.1 Å². The first-order valence-electron chi connectivity index (χ1n) is 10.9. The molecule has 186 valence electrons. The van der Waals surface area contributed by atoms with Crippen LogP contribution in [0.15, 0.2) is 35.4 Å². The van der Waals surface area contributed by atoms with Crippen LogP contribution in [0.2, 0.25) is 5.02 Å². The number of benzene rings is 1. The van der Waals surface area contributed by atoms with Crippen molar-refractivity contribution < 1.29 is 21.6 Å². The molecule has 3 aromatic heterocycles. The van der Waals surface area contributed by atoms with Gasteiger partial charge in [0, 0.05) is 30.1 Å². The van der Waals surface area contributed by atoms with Crippen molar-refractivity contribution in [3.63, 3.8) is 0 Å². The Bertz CT molecular complexity index is 1620. The van der Waals surface area contributed by atoms with E-state index in [9.17, 15) is 26.4 Å². The summed E-state index contributed by atoms with van der Waals surface area (Å²) in [6.07, 6.45) is 0.0427. The summed E-state index contributed by atoms with van der Waals surface area (Å²) in [4.78, 5) is 21.7. The van der Waals surface area contributed by atoms with E-state index >= 15 is 0 Å². The van der Waals surface area contributed by atoms with Crippen LogP contribution in [0.4, 0.5) is 13.2 Å². The molecule has 8 nitrogen and oxygen atoms in total. The minimum absolute atomic E-state index is 0.0422. The van der Waals surface area contributed by atoms with Crippen LogP contribution < -0.4 is 5.69 Å². The number of pyridine rings is 1. The third-order valence-electron chi connectivity index (χ3n) is 6.07. The number of rotatable bonds is 7. The van der Waals surface area contributed by atoms with Crippen LogP contribution in [0.3, 0.4) is 0 Å². The number of sulfone groups is 1. The smallest absolute Gasteiger partial charge is 0.326 e. The van der Waals surface area contributed by atoms with Gasteiger partial charge in [0.2, 0.25) is 0 Å². The van der Waals surface area contributed by atoms with Gasteiger partial charge in [-0.2, -0.15) is 13.2 Å². The molecular weight excluding hydrogens is 507 g/mol. The molecule has 0 N–H and O–H groups in total. The summed E-state index contributed by atoms with van der Waals surface area (Å²) in [5, 5.41) is 0.450. The maximum atomic E-state index is 13.8. The van der Waals surface area contributed by atoms with Crippen molar-refractivity contribution in [1.29, 1.82) is 0 Å². The SMILES string of the molecule is CS(=O)(=O)CCCn1c(Cn2c(=O)n(C3CC3)c3c(C(F)(F)F)cncc32)nc2cc(Cl)ccc21. The minimum Gasteiger partial charge on any atom is -0.326 e. The molecule has 0 unspecified atom stereocenters. The first-order chi connectivity index (χ1) is 16.4. The zero-order valence-corrected chi connectivity index (χ0v) is 20.2. The average Bonchev–Trinajstić information content (AvgIpc) is 3.48. The molecule has 1 aliphatic rings. The normalized spacial score (nSPS) is 14.9. The Morgan fingerprint density at radius 1 is 1.14 bits per heavy atom. The molecule has 0 saturated heterocycles. The fourth-order valence-corrected chi connectivity index (χ4v) is 5.22. The minimum atomic E-state index is -4.67. The van der Waals surface area contributed by atoms with Crippen molar-refractivity contribution in [2.45, 2.75) is 44.6 Å². The molecule has 1 aromatic carbocycles. The van der Waals surface area contributed by atoms with Gasteiger partial charge in [-0.15, -0.1) is 0 Å². The summed E-state index contributed by atoms with van der Waals surface area (Å²) in [6.45, 7) is 0.186. The zero-order chi connectivity index (χ0) is 25.1. The van der Waals surface area contributed by atoms with Crippen LogP contribution in [0.5, 0.6) is 0 Å². The first-order valence-corrected chi connectivity index (χ1v) is 13.4. The summed E-state index contributed by atoms with van der Waals surface area (Å²) < 4.78 is 68.9. The van der Waals surface area contributed by atoms with Gasteiger partial charge in [0.15, 0.2) is 0 Å². The van der Waals surface area contributed by atoms with Gasteiger partial charge in [-0.3, -0.25) is 14.1 Å². The van der Waals surface area contributed by atoms with Gasteiger partial charge in [-0.25, -0.2) is 18.2 Å². The Balaban J connectivity index is 1.66. The molecule has 0 spiro atoms. The predicted octanol–water partition coefficient (Wildman–Crippen LogP) is 4.04. The van der Waals surface area contributed by atoms with E-state index in [0.29, 0.717) is 47.7 Å². The summed E-state index contributed by atoms with van der Waals surface area (Å²) in [6, 6.07) is 4.77. The lowest BCUT2D eigenvalue weighted by Gasteiger charge is -2.11. The van der Waals surface area contributed by atoms with Crippen molar-refractivity contribution >= 4 is 43.5 Å². The summed E-state index contributed by atoms with van der Waals surface area (Å²) in [5.74, 6) is 0.365. The largest absolute Gasteiger partial charge is 0.419 e. The van der Waals surface area contributed by atoms with Gasteiger partial charge in [-0.1, -0.05) is 11.6 Å². The van der Waals surface area contributed by atoms with Gasteiger partial charge in [0.25, 0.3) is 0 Å². The van der Waals surface area contributed by atoms with Crippen LogP contribution in [0.1, 0.15) is 36.7 Å². The number of hydrogen-bond acceptors (Lipinski definition) is 5. The van der Waals surface area contributed by atoms with Crippen LogP contribution in [-0.4, -0.2) is 44.1 Å². The molecule has 0 bridgehead atoms. The molecule has 0 radical (unpaired) electrons. The first kappa shape index (κ1) is 23.9. The molecule has 0 aliphatic heterocycles. The quantitative estimate of drug-likeness (QED) is 0.362. The molecule has 35 heavy (non-hydrogen) atoms. The topological polar surface area (TPSA) is 91.8 Å². The third kappa shape index (κ3) is 4.56. The highest BCUT2D eigenvalue weighted by Crippen LogP contribution is 2.40. The van der Waals surface area contributed by atoms with E-state index in [1.165, 1.54) is 15.3 Å². The number of nitrogens with zero attached hydrogens (tertiary/aromatic N) is 5. The van der Waals surface area contributed by atoms with E-state index < -0.39 is 27.3 Å². The van der Waals surface area contributed by atoms with Crippen molar-refractivity contribution in [3.05, 3.63) is 57.5 Å². The van der Waals surface area contributed by atoms with E-state index in [0.717, 1.165) is 12.5 Å². The fraction of sp³-hybridized carbons (Fsp3) is 0.409. The molecule has 1 aliphatic carbocycles. The second-order valence-electron chi connectivity index (χ2n) is 8.82. The lowest BCUT2D eigenvalue weighted by molar-refractivity contribution is -0.136. The van der Waals surface area contributed by atoms with Crippen molar-refractivity contribution in [2.75, 3.05) is 12.0 Å². The Labute approximate surface area is 202 Å². The summed E-state index contributed by atoms with van der Waals surface area (Å²) in [5.41, 5.74) is -0.391. The monoisotopic (exact) mass is 527 g/mol. The lowest BCUT2D eigenvalue weighted by Crippen LogP contribution is -2.25. The number of aryl methyl sites for hydroxylation is 1. The molecule has 3 heterocycles. The average molecular weight is 528 g/mol. The Hall–Kier alpha value is -2.86. The molecule has 13 heteroatoms. The van der Waals surface area contributed by atoms with Gasteiger partial charge < -0.3 is 4.57 Å². The predicted molar refractivity (Wildman–Crippen MR) is 125 cm³/mol. The number of alkyl halides is 3. The second kappa shape index (κ2) is 8.37. The van der Waals surface area contributed by atoms with Gasteiger partial charge in [0.1, 0.15) is 15.7 Å². The maximum absolute atomic E-state index is 13.8. The van der Waals surface area contributed by atoms with Crippen molar-refractivity contribution in [2.24, 2.45) is 0 Å². The van der Waals surface area contributed by atoms with E-state index in [2.05, 4.69) is 9.97 Å². The van der Waals surface area contributed by atoms with E-state index in [4.69, 9.17) is 11.6 Å². The summed E-state index contributed by atoms with van der Waals surface area (Å²) in [7, 11) is -3.19. The van der Waals surface area contributed by atoms with Crippen LogP contribution in [-0.2, 0) is 29.1 Å². The molecule has 1 saturated carbocycles. The van der Waals surface area contributed by atoms with Crippen molar-refractivity contribution in [3.8, 4) is 0 Å². The standard InChI is InChI=1S/C22H21ClF3N5O3S/c1-35(33,34)8-2-7-29-17-6-3-13(23)9-16(17)28-19(29)12-30-18-11-27-10-15(22(24,25)26)20(18)31(21(30)32)14-4-5-14/h3,6,9-11,14H,2,4-5,7-8,12H2,1H3. The van der Waals surface area contributed by atoms with E-state index in [1.807, 2.05) is 0 Å². The zero-order valence-electron chi connectivity index (χ0n) is 18.6. The molecule has 4 aromatic rings.